The first-order valence-corrected chi connectivity index (χ1v) is 11.9. The number of benzene rings is 1. The number of carbonyl (C=O) groups excluding carboxylic acids is 2. The number of anilines is 1. The maximum Gasteiger partial charge on any atom is 0.250 e. The van der Waals surface area contributed by atoms with Gasteiger partial charge in [0.2, 0.25) is 5.91 Å². The molecule has 186 valence electrons. The predicted molar refractivity (Wildman–Crippen MR) is 129 cm³/mol. The summed E-state index contributed by atoms with van der Waals surface area (Å²) >= 11 is 0. The van der Waals surface area contributed by atoms with Gasteiger partial charge in [-0.3, -0.25) is 14.5 Å². The number of aromatic nitrogens is 2. The number of likely N-dealkylation sites (tertiary alicyclic amines) is 2. The summed E-state index contributed by atoms with van der Waals surface area (Å²) in [5.74, 6) is -0.764. The van der Waals surface area contributed by atoms with E-state index in [9.17, 15) is 19.2 Å². The Morgan fingerprint density at radius 1 is 1.19 bits per heavy atom. The van der Waals surface area contributed by atoms with E-state index in [2.05, 4.69) is 15.5 Å². The van der Waals surface area contributed by atoms with Gasteiger partial charge in [-0.15, -0.1) is 0 Å². The zero-order valence-electron chi connectivity index (χ0n) is 19.6. The number of hydrogen-bond acceptors (Lipinski definition) is 8. The quantitative estimate of drug-likeness (QED) is 0.535. The molecule has 2 aliphatic rings. The second-order valence-electron chi connectivity index (χ2n) is 9.22. The Morgan fingerprint density at radius 2 is 2.00 bits per heavy atom. The van der Waals surface area contributed by atoms with Crippen molar-refractivity contribution < 1.29 is 18.5 Å². The third-order valence-corrected chi connectivity index (χ3v) is 6.85. The van der Waals surface area contributed by atoms with Crippen LogP contribution >= 0.6 is 0 Å². The molecule has 0 radical (unpaired) electrons. The molecule has 4 heterocycles. The first kappa shape index (κ1) is 23.7. The minimum Gasteiger partial charge on any atom is -0.382 e. The first-order chi connectivity index (χ1) is 17.4. The minimum atomic E-state index is -1.13. The zero-order chi connectivity index (χ0) is 25.2. The van der Waals surface area contributed by atoms with Crippen molar-refractivity contribution in [3.8, 4) is 17.5 Å². The van der Waals surface area contributed by atoms with Crippen molar-refractivity contribution in [2.45, 2.75) is 37.5 Å². The summed E-state index contributed by atoms with van der Waals surface area (Å²) < 4.78 is 18.6. The van der Waals surface area contributed by atoms with Crippen molar-refractivity contribution in [1.29, 1.82) is 5.26 Å². The second kappa shape index (κ2) is 9.91. The van der Waals surface area contributed by atoms with Crippen LogP contribution in [0.5, 0.6) is 0 Å². The van der Waals surface area contributed by atoms with Crippen LogP contribution in [0.1, 0.15) is 29.6 Å². The lowest BCUT2D eigenvalue weighted by Gasteiger charge is -2.33. The van der Waals surface area contributed by atoms with Gasteiger partial charge in [-0.1, -0.05) is 5.16 Å². The number of primary amides is 1. The lowest BCUT2D eigenvalue weighted by atomic mass is 10.0. The second-order valence-corrected chi connectivity index (χ2v) is 9.22. The molecule has 0 spiro atoms. The van der Waals surface area contributed by atoms with Crippen molar-refractivity contribution in [1.82, 2.24) is 19.9 Å². The average Bonchev–Trinajstić information content (AvgIpc) is 3.55. The zero-order valence-corrected chi connectivity index (χ0v) is 19.6. The van der Waals surface area contributed by atoms with E-state index in [1.165, 1.54) is 11.2 Å². The molecule has 0 aliphatic carbocycles. The summed E-state index contributed by atoms with van der Waals surface area (Å²) in [5, 5.41) is 17.4. The number of amides is 2. The molecule has 0 unspecified atom stereocenters. The molecule has 36 heavy (non-hydrogen) atoms. The van der Waals surface area contributed by atoms with Gasteiger partial charge in [0.1, 0.15) is 24.2 Å². The predicted octanol–water partition coefficient (Wildman–Crippen LogP) is 2.33. The number of rotatable bonds is 6. The van der Waals surface area contributed by atoms with E-state index in [1.807, 2.05) is 29.2 Å². The van der Waals surface area contributed by atoms with Crippen LogP contribution in [0.15, 0.2) is 41.1 Å². The van der Waals surface area contributed by atoms with Gasteiger partial charge in [0.15, 0.2) is 0 Å². The van der Waals surface area contributed by atoms with Crippen LogP contribution in [-0.4, -0.2) is 76.2 Å². The average molecular weight is 492 g/mol. The van der Waals surface area contributed by atoms with E-state index >= 15 is 0 Å². The highest BCUT2D eigenvalue weighted by Gasteiger charge is 2.36. The van der Waals surface area contributed by atoms with E-state index in [0.717, 1.165) is 23.9 Å². The number of fused-ring (bicyclic) bond motifs is 1. The Hall–Kier alpha value is -4.04. The molecule has 3 N–H and O–H groups in total. The Kier molecular flexibility index (Phi) is 6.52. The Labute approximate surface area is 206 Å². The molecule has 5 rings (SSSR count). The molecule has 1 aromatic carbocycles. The van der Waals surface area contributed by atoms with Crippen molar-refractivity contribution in [2.24, 2.45) is 5.73 Å². The number of nitrogens with two attached hydrogens (primary N) is 1. The van der Waals surface area contributed by atoms with Crippen molar-refractivity contribution in [3.63, 3.8) is 0 Å². The summed E-state index contributed by atoms with van der Waals surface area (Å²) in [4.78, 5) is 32.7. The maximum absolute atomic E-state index is 13.7. The molecule has 11 heteroatoms. The Balaban J connectivity index is 1.26. The lowest BCUT2D eigenvalue weighted by Crippen LogP contribution is -2.46. The van der Waals surface area contributed by atoms with Crippen LogP contribution in [-0.2, 0) is 4.79 Å². The molecule has 2 aromatic heterocycles. The molecule has 2 saturated heterocycles. The monoisotopic (exact) mass is 491 g/mol. The SMILES string of the molecule is N#C[C@@H]1C[C@H](F)CN1C(=O)CN1CCC(Nc2ccc(C(N)=O)c3nc(-c4ccon4)ccc23)CC1. The third-order valence-electron chi connectivity index (χ3n) is 6.85. The van der Waals surface area contributed by atoms with E-state index in [4.69, 9.17) is 10.3 Å². The van der Waals surface area contributed by atoms with Crippen LogP contribution in [0.25, 0.3) is 22.3 Å². The molecule has 10 nitrogen and oxygen atoms in total. The number of pyridine rings is 1. The number of nitriles is 1. The maximum atomic E-state index is 13.7. The first-order valence-electron chi connectivity index (χ1n) is 11.9. The van der Waals surface area contributed by atoms with Gasteiger partial charge in [0.25, 0.3) is 5.91 Å². The third kappa shape index (κ3) is 4.72. The van der Waals surface area contributed by atoms with Crippen molar-refractivity contribution >= 4 is 28.4 Å². The number of carbonyl (C=O) groups is 2. The topological polar surface area (TPSA) is 141 Å². The fourth-order valence-corrected chi connectivity index (χ4v) is 4.95. The molecular weight excluding hydrogens is 465 g/mol. The Morgan fingerprint density at radius 3 is 2.69 bits per heavy atom. The normalized spacial score (nSPS) is 20.9. The van der Waals surface area contributed by atoms with Crippen LogP contribution in [0.2, 0.25) is 0 Å². The van der Waals surface area contributed by atoms with Gasteiger partial charge in [0, 0.05) is 42.7 Å². The van der Waals surface area contributed by atoms with Crippen LogP contribution in [0.3, 0.4) is 0 Å². The summed E-state index contributed by atoms with van der Waals surface area (Å²) in [6.07, 6.45) is 2.00. The van der Waals surface area contributed by atoms with Gasteiger partial charge in [-0.25, -0.2) is 9.37 Å². The highest BCUT2D eigenvalue weighted by atomic mass is 19.1. The number of piperidine rings is 1. The summed E-state index contributed by atoms with van der Waals surface area (Å²) in [6, 6.07) is 10.4. The summed E-state index contributed by atoms with van der Waals surface area (Å²) in [7, 11) is 0. The fourth-order valence-electron chi connectivity index (χ4n) is 4.95. The number of hydrogen-bond donors (Lipinski definition) is 2. The molecule has 0 saturated carbocycles. The van der Waals surface area contributed by atoms with Gasteiger partial charge >= 0.3 is 0 Å². The highest BCUT2D eigenvalue weighted by Crippen LogP contribution is 2.30. The van der Waals surface area contributed by atoms with E-state index in [1.54, 1.807) is 12.1 Å². The van der Waals surface area contributed by atoms with Crippen LogP contribution < -0.4 is 11.1 Å². The van der Waals surface area contributed by atoms with Crippen molar-refractivity contribution in [2.75, 3.05) is 31.5 Å². The Bertz CT molecular complexity index is 1320. The number of nitrogens with zero attached hydrogens (tertiary/aromatic N) is 5. The van der Waals surface area contributed by atoms with Gasteiger partial charge in [-0.2, -0.15) is 5.26 Å². The number of nitrogens with one attached hydrogen (secondary N) is 1. The van der Waals surface area contributed by atoms with Crippen LogP contribution in [0, 0.1) is 11.3 Å². The molecule has 2 aliphatic heterocycles. The van der Waals surface area contributed by atoms with E-state index in [0.29, 0.717) is 35.6 Å². The lowest BCUT2D eigenvalue weighted by molar-refractivity contribution is -0.132. The van der Waals surface area contributed by atoms with E-state index in [-0.39, 0.29) is 31.5 Å². The molecule has 3 aromatic rings. The van der Waals surface area contributed by atoms with E-state index < -0.39 is 18.1 Å². The standard InChI is InChI=1S/C25H26FN7O3/c26-15-11-17(12-27)33(13-15)23(34)14-32-8-5-16(6-9-32)29-20-3-2-19(25(28)35)24-18(20)1-4-21(30-24)22-7-10-36-31-22/h1-4,7,10,15-17,29H,5-6,8-9,11,13-14H2,(H2,28,35)/t15-,17-/m0/s1. The summed E-state index contributed by atoms with van der Waals surface area (Å²) in [5.41, 5.74) is 8.38. The number of halogens is 1. The molecule has 2 atom stereocenters. The molecule has 2 amide bonds. The van der Waals surface area contributed by atoms with Gasteiger partial charge in [-0.05, 0) is 37.1 Å². The van der Waals surface area contributed by atoms with Crippen molar-refractivity contribution in [3.05, 3.63) is 42.2 Å². The largest absolute Gasteiger partial charge is 0.382 e. The fraction of sp³-hybridized carbons (Fsp3) is 0.400. The number of alkyl halides is 1. The summed E-state index contributed by atoms with van der Waals surface area (Å²) in [6.45, 7) is 1.57. The minimum absolute atomic E-state index is 0.00411. The van der Waals surface area contributed by atoms with Gasteiger partial charge < -0.3 is 20.5 Å². The molecular formula is C25H26FN7O3. The molecule has 0 bridgehead atoms. The molecule has 2 fully saturated rings. The highest BCUT2D eigenvalue weighted by molar-refractivity contribution is 6.08. The van der Waals surface area contributed by atoms with Gasteiger partial charge in [0.05, 0.1) is 35.9 Å². The smallest absolute Gasteiger partial charge is 0.250 e. The van der Waals surface area contributed by atoms with Crippen LogP contribution in [0.4, 0.5) is 10.1 Å².